The molecule has 0 atom stereocenters. The van der Waals surface area contributed by atoms with Crippen LogP contribution in [0.4, 0.5) is 0 Å². The van der Waals surface area contributed by atoms with Crippen LogP contribution in [0.25, 0.3) is 10.4 Å². The molecule has 1 saturated carbocycles. The molecule has 150 valence electrons. The summed E-state index contributed by atoms with van der Waals surface area (Å²) in [6.45, 7) is 3.32. The van der Waals surface area contributed by atoms with Crippen LogP contribution in [0.3, 0.4) is 0 Å². The molecule has 4 heteroatoms. The molecular weight excluding hydrogens is 376 g/mol. The molecule has 1 amide bonds. The molecule has 0 bridgehead atoms. The van der Waals surface area contributed by atoms with E-state index in [1.165, 1.54) is 43.2 Å². The highest BCUT2D eigenvalue weighted by Crippen LogP contribution is 2.35. The molecule has 3 nitrogen and oxygen atoms in total. The van der Waals surface area contributed by atoms with E-state index in [1.807, 2.05) is 30.0 Å². The number of thiophene rings is 1. The van der Waals surface area contributed by atoms with Crippen molar-refractivity contribution in [2.75, 3.05) is 6.54 Å². The van der Waals surface area contributed by atoms with E-state index in [0.717, 1.165) is 21.2 Å². The molecule has 0 unspecified atom stereocenters. The number of pyridine rings is 1. The van der Waals surface area contributed by atoms with E-state index in [0.29, 0.717) is 13.1 Å². The highest BCUT2D eigenvalue weighted by molar-refractivity contribution is 7.17. The van der Waals surface area contributed by atoms with Crippen molar-refractivity contribution < 1.29 is 4.79 Å². The average molecular weight is 405 g/mol. The quantitative estimate of drug-likeness (QED) is 0.468. The Kier molecular flexibility index (Phi) is 6.40. The smallest absolute Gasteiger partial charge is 0.264 e. The second kappa shape index (κ2) is 9.36. The summed E-state index contributed by atoms with van der Waals surface area (Å²) in [6.07, 6.45) is 10.3. The Labute approximate surface area is 177 Å². The molecule has 0 radical (unpaired) electrons. The third-order valence-corrected chi connectivity index (χ3v) is 7.00. The lowest BCUT2D eigenvalue weighted by atomic mass is 9.84. The molecule has 0 N–H and O–H groups in total. The number of benzene rings is 1. The van der Waals surface area contributed by atoms with Gasteiger partial charge >= 0.3 is 0 Å². The van der Waals surface area contributed by atoms with Crippen molar-refractivity contribution in [2.24, 2.45) is 0 Å². The standard InChI is InChI=1S/C25H28N2OS/c1-2-27(18-19-14-16-26-17-15-19)25(28)24-13-12-23(29-24)22-10-8-21(9-11-22)20-6-4-3-5-7-20/h8-17,20H,2-7,18H2,1H3. The Bertz CT molecular complexity index is 927. The SMILES string of the molecule is CCN(Cc1ccncc1)C(=O)c1ccc(-c2ccc(C3CCCCC3)cc2)s1. The summed E-state index contributed by atoms with van der Waals surface area (Å²) in [5.74, 6) is 0.823. The first-order valence-corrected chi connectivity index (χ1v) is 11.4. The van der Waals surface area contributed by atoms with E-state index < -0.39 is 0 Å². The molecule has 2 heterocycles. The average Bonchev–Trinajstić information content (AvgIpc) is 3.29. The summed E-state index contributed by atoms with van der Waals surface area (Å²) < 4.78 is 0. The van der Waals surface area contributed by atoms with Gasteiger partial charge in [-0.15, -0.1) is 11.3 Å². The zero-order valence-electron chi connectivity index (χ0n) is 17.0. The van der Waals surface area contributed by atoms with Crippen LogP contribution >= 0.6 is 11.3 Å². The highest BCUT2D eigenvalue weighted by atomic mass is 32.1. The number of aromatic nitrogens is 1. The Morgan fingerprint density at radius 1 is 1.00 bits per heavy atom. The Balaban J connectivity index is 1.46. The zero-order chi connectivity index (χ0) is 20.1. The largest absolute Gasteiger partial charge is 0.334 e. The molecule has 4 rings (SSSR count). The van der Waals surface area contributed by atoms with Gasteiger partial charge in [0.2, 0.25) is 0 Å². The van der Waals surface area contributed by atoms with Gasteiger partial charge in [0.15, 0.2) is 0 Å². The van der Waals surface area contributed by atoms with Crippen LogP contribution in [0.1, 0.15) is 65.7 Å². The fourth-order valence-corrected chi connectivity index (χ4v) is 5.13. The second-order valence-electron chi connectivity index (χ2n) is 7.80. The fourth-order valence-electron chi connectivity index (χ4n) is 4.16. The van der Waals surface area contributed by atoms with E-state index in [4.69, 9.17) is 0 Å². The van der Waals surface area contributed by atoms with Crippen LogP contribution in [0.2, 0.25) is 0 Å². The van der Waals surface area contributed by atoms with Crippen LogP contribution in [0.15, 0.2) is 60.9 Å². The normalized spacial score (nSPS) is 14.7. The molecule has 2 aromatic heterocycles. The van der Waals surface area contributed by atoms with Gasteiger partial charge in [0.25, 0.3) is 5.91 Å². The minimum absolute atomic E-state index is 0.0967. The lowest BCUT2D eigenvalue weighted by molar-refractivity contribution is 0.0757. The molecular formula is C25H28N2OS. The predicted molar refractivity (Wildman–Crippen MR) is 120 cm³/mol. The Hall–Kier alpha value is -2.46. The summed E-state index contributed by atoms with van der Waals surface area (Å²) in [4.78, 5) is 20.9. The van der Waals surface area contributed by atoms with Crippen LogP contribution in [0, 0.1) is 0 Å². The summed E-state index contributed by atoms with van der Waals surface area (Å²) in [5.41, 5.74) is 3.77. The van der Waals surface area contributed by atoms with Crippen molar-refractivity contribution in [1.29, 1.82) is 0 Å². The first-order valence-electron chi connectivity index (χ1n) is 10.6. The number of rotatable bonds is 6. The maximum absolute atomic E-state index is 13.0. The molecule has 1 aliphatic carbocycles. The van der Waals surface area contributed by atoms with Crippen molar-refractivity contribution in [2.45, 2.75) is 51.5 Å². The monoisotopic (exact) mass is 404 g/mol. The number of nitrogens with zero attached hydrogens (tertiary/aromatic N) is 2. The third-order valence-electron chi connectivity index (χ3n) is 5.88. The summed E-state index contributed by atoms with van der Waals surface area (Å²) >= 11 is 1.59. The van der Waals surface area contributed by atoms with Crippen molar-refractivity contribution in [3.05, 3.63) is 76.9 Å². The van der Waals surface area contributed by atoms with E-state index in [9.17, 15) is 4.79 Å². The van der Waals surface area contributed by atoms with Crippen LogP contribution < -0.4 is 0 Å². The van der Waals surface area contributed by atoms with Gasteiger partial charge in [0, 0.05) is 30.4 Å². The molecule has 0 spiro atoms. The maximum Gasteiger partial charge on any atom is 0.264 e. The van der Waals surface area contributed by atoms with E-state index in [1.54, 1.807) is 23.7 Å². The molecule has 3 aromatic rings. The number of carbonyl (C=O) groups is 1. The molecule has 1 fully saturated rings. The molecule has 0 saturated heterocycles. The van der Waals surface area contributed by atoms with Crippen molar-refractivity contribution in [3.8, 4) is 10.4 Å². The second-order valence-corrected chi connectivity index (χ2v) is 8.88. The first kappa shape index (κ1) is 19.8. The van der Waals surface area contributed by atoms with Crippen LogP contribution in [-0.2, 0) is 6.54 Å². The molecule has 0 aliphatic heterocycles. The fraction of sp³-hybridized carbons (Fsp3) is 0.360. The maximum atomic E-state index is 13.0. The van der Waals surface area contributed by atoms with E-state index >= 15 is 0 Å². The number of amides is 1. The minimum atomic E-state index is 0.0967. The van der Waals surface area contributed by atoms with Crippen molar-refractivity contribution >= 4 is 17.2 Å². The van der Waals surface area contributed by atoms with Gasteiger partial charge in [-0.1, -0.05) is 43.5 Å². The molecule has 1 aromatic carbocycles. The lowest BCUT2D eigenvalue weighted by Crippen LogP contribution is -2.29. The van der Waals surface area contributed by atoms with Gasteiger partial charge in [0.1, 0.15) is 0 Å². The Morgan fingerprint density at radius 2 is 1.72 bits per heavy atom. The molecule has 29 heavy (non-hydrogen) atoms. The van der Waals surface area contributed by atoms with E-state index in [-0.39, 0.29) is 5.91 Å². The predicted octanol–water partition coefficient (Wildman–Crippen LogP) is 6.52. The summed E-state index contributed by atoms with van der Waals surface area (Å²) in [6, 6.07) is 17.0. The van der Waals surface area contributed by atoms with Crippen LogP contribution in [-0.4, -0.2) is 22.3 Å². The number of carbonyl (C=O) groups excluding carboxylic acids is 1. The van der Waals surface area contributed by atoms with Gasteiger partial charge in [-0.3, -0.25) is 9.78 Å². The van der Waals surface area contributed by atoms with E-state index in [2.05, 4.69) is 35.3 Å². The van der Waals surface area contributed by atoms with Gasteiger partial charge in [-0.05, 0) is 66.6 Å². The van der Waals surface area contributed by atoms with Crippen LogP contribution in [0.5, 0.6) is 0 Å². The minimum Gasteiger partial charge on any atom is -0.334 e. The highest BCUT2D eigenvalue weighted by Gasteiger charge is 2.18. The first-order chi connectivity index (χ1) is 14.2. The summed E-state index contributed by atoms with van der Waals surface area (Å²) in [7, 11) is 0. The Morgan fingerprint density at radius 3 is 2.41 bits per heavy atom. The number of hydrogen-bond acceptors (Lipinski definition) is 3. The van der Waals surface area contributed by atoms with Gasteiger partial charge in [-0.2, -0.15) is 0 Å². The van der Waals surface area contributed by atoms with Gasteiger partial charge in [0.05, 0.1) is 4.88 Å². The van der Waals surface area contributed by atoms with Crippen molar-refractivity contribution in [3.63, 3.8) is 0 Å². The zero-order valence-corrected chi connectivity index (χ0v) is 17.8. The van der Waals surface area contributed by atoms with Gasteiger partial charge in [-0.25, -0.2) is 0 Å². The summed E-state index contributed by atoms with van der Waals surface area (Å²) in [5, 5.41) is 0. The third kappa shape index (κ3) is 4.76. The lowest BCUT2D eigenvalue weighted by Gasteiger charge is -2.22. The van der Waals surface area contributed by atoms with Gasteiger partial charge < -0.3 is 4.90 Å². The van der Waals surface area contributed by atoms with Crippen molar-refractivity contribution in [1.82, 2.24) is 9.88 Å². The molecule has 1 aliphatic rings. The number of hydrogen-bond donors (Lipinski definition) is 0. The topological polar surface area (TPSA) is 33.2 Å².